The normalized spacial score (nSPS) is 22.5. The summed E-state index contributed by atoms with van der Waals surface area (Å²) in [6, 6.07) is 3.75. The zero-order valence-corrected chi connectivity index (χ0v) is 18.0. The van der Waals surface area contributed by atoms with Gasteiger partial charge >= 0.3 is 0 Å². The van der Waals surface area contributed by atoms with E-state index in [4.69, 9.17) is 0 Å². The molecule has 10 heteroatoms. The highest BCUT2D eigenvalue weighted by Gasteiger charge is 2.29. The Morgan fingerprint density at radius 2 is 1.69 bits per heavy atom. The van der Waals surface area contributed by atoms with E-state index < -0.39 is 29.0 Å². The minimum atomic E-state index is -0.983. The van der Waals surface area contributed by atoms with Crippen LogP contribution in [0.15, 0.2) is 24.4 Å². The number of H-pyrrole nitrogens is 1. The fourth-order valence-electron chi connectivity index (χ4n) is 4.48. The molecular weight excluding hydrogens is 418 g/mol. The molecule has 1 saturated heterocycles. The smallest absolute Gasteiger partial charge is 0.274 e. The Kier molecular flexibility index (Phi) is 6.80. The topological polar surface area (TPSA) is 93.4 Å². The Balaban J connectivity index is 1.33. The van der Waals surface area contributed by atoms with Gasteiger partial charge in [-0.1, -0.05) is 6.07 Å². The van der Waals surface area contributed by atoms with Gasteiger partial charge in [0.2, 0.25) is 0 Å². The molecule has 1 saturated carbocycles. The van der Waals surface area contributed by atoms with Gasteiger partial charge in [-0.2, -0.15) is 5.10 Å². The first-order valence-electron chi connectivity index (χ1n) is 10.9. The lowest BCUT2D eigenvalue weighted by molar-refractivity contribution is 0.0789. The monoisotopic (exact) mass is 446 g/mol. The summed E-state index contributed by atoms with van der Waals surface area (Å²) in [5.74, 6) is -3.37. The van der Waals surface area contributed by atoms with Gasteiger partial charge in [-0.05, 0) is 44.9 Å². The van der Waals surface area contributed by atoms with E-state index in [1.807, 2.05) is 0 Å². The lowest BCUT2D eigenvalue weighted by Gasteiger charge is -2.41. The minimum Gasteiger partial charge on any atom is -0.348 e. The summed E-state index contributed by atoms with van der Waals surface area (Å²) in [6.07, 6.45) is 5.09. The maximum Gasteiger partial charge on any atom is 0.274 e. The number of anilines is 1. The summed E-state index contributed by atoms with van der Waals surface area (Å²) in [6.45, 7) is 4.33. The molecule has 0 radical (unpaired) electrons. The van der Waals surface area contributed by atoms with Crippen molar-refractivity contribution in [1.82, 2.24) is 25.3 Å². The molecule has 0 spiro atoms. The van der Waals surface area contributed by atoms with Crippen molar-refractivity contribution in [2.45, 2.75) is 37.8 Å². The van der Waals surface area contributed by atoms with Gasteiger partial charge in [0, 0.05) is 44.5 Å². The van der Waals surface area contributed by atoms with Crippen LogP contribution in [0.2, 0.25) is 0 Å². The van der Waals surface area contributed by atoms with Gasteiger partial charge in [0.25, 0.3) is 11.8 Å². The zero-order chi connectivity index (χ0) is 22.7. The van der Waals surface area contributed by atoms with Crippen LogP contribution >= 0.6 is 0 Å². The predicted molar refractivity (Wildman–Crippen MR) is 115 cm³/mol. The number of amides is 2. The molecule has 2 fully saturated rings. The first kappa shape index (κ1) is 22.3. The number of benzene rings is 1. The fraction of sp³-hybridized carbons (Fsp3) is 0.500. The van der Waals surface area contributed by atoms with Gasteiger partial charge in [0.15, 0.2) is 5.69 Å². The average molecular weight is 447 g/mol. The second-order valence-electron chi connectivity index (χ2n) is 8.52. The fourth-order valence-corrected chi connectivity index (χ4v) is 4.48. The lowest BCUT2D eigenvalue weighted by atomic mass is 9.89. The molecule has 172 valence electrons. The number of hydrogen-bond donors (Lipinski definition) is 3. The van der Waals surface area contributed by atoms with E-state index in [1.165, 1.54) is 12.3 Å². The lowest BCUT2D eigenvalue weighted by Crippen LogP contribution is -2.51. The number of nitrogens with one attached hydrogen (secondary N) is 3. The molecule has 0 bridgehead atoms. The molecule has 0 atom stereocenters. The predicted octanol–water partition coefficient (Wildman–Crippen LogP) is 2.23. The SMILES string of the molecule is CN1CCN([C@H]2CC[C@@H](NC(=O)c3n[nH]cc3NC(=O)c3c(F)cccc3F)CC2)CC1. The third kappa shape index (κ3) is 4.97. The Bertz CT molecular complexity index is 945. The van der Waals surface area contributed by atoms with Gasteiger partial charge in [-0.15, -0.1) is 0 Å². The molecule has 1 aliphatic heterocycles. The summed E-state index contributed by atoms with van der Waals surface area (Å²) in [7, 11) is 2.14. The summed E-state index contributed by atoms with van der Waals surface area (Å²) >= 11 is 0. The van der Waals surface area contributed by atoms with Crippen molar-refractivity contribution < 1.29 is 18.4 Å². The number of halogens is 2. The number of carbonyl (C=O) groups excluding carboxylic acids is 2. The highest BCUT2D eigenvalue weighted by atomic mass is 19.1. The highest BCUT2D eigenvalue weighted by molar-refractivity contribution is 6.08. The number of rotatable bonds is 5. The van der Waals surface area contributed by atoms with Gasteiger partial charge in [0.05, 0.1) is 5.69 Å². The zero-order valence-electron chi connectivity index (χ0n) is 18.0. The Morgan fingerprint density at radius 1 is 1.03 bits per heavy atom. The van der Waals surface area contributed by atoms with E-state index in [0.29, 0.717) is 6.04 Å². The quantitative estimate of drug-likeness (QED) is 0.655. The minimum absolute atomic E-state index is 0.0173. The van der Waals surface area contributed by atoms with Crippen LogP contribution in [-0.4, -0.2) is 77.1 Å². The molecular formula is C22H28F2N6O2. The molecule has 1 aromatic carbocycles. The molecule has 2 aromatic rings. The van der Waals surface area contributed by atoms with Crippen LogP contribution < -0.4 is 10.6 Å². The summed E-state index contributed by atoms with van der Waals surface area (Å²) in [5, 5.41) is 11.8. The molecule has 32 heavy (non-hydrogen) atoms. The van der Waals surface area contributed by atoms with Crippen LogP contribution in [0.1, 0.15) is 46.5 Å². The van der Waals surface area contributed by atoms with Crippen molar-refractivity contribution in [2.24, 2.45) is 0 Å². The van der Waals surface area contributed by atoms with E-state index in [2.05, 4.69) is 37.7 Å². The Hall–Kier alpha value is -2.85. The molecule has 2 heterocycles. The van der Waals surface area contributed by atoms with Crippen LogP contribution in [0.4, 0.5) is 14.5 Å². The van der Waals surface area contributed by atoms with Crippen LogP contribution in [0.3, 0.4) is 0 Å². The molecule has 1 aromatic heterocycles. The Labute approximate surface area is 185 Å². The first-order chi connectivity index (χ1) is 15.4. The van der Waals surface area contributed by atoms with Crippen molar-refractivity contribution in [1.29, 1.82) is 0 Å². The molecule has 0 unspecified atom stereocenters. The number of likely N-dealkylation sites (N-methyl/N-ethyl adjacent to an activating group) is 1. The number of nitrogens with zero attached hydrogens (tertiary/aromatic N) is 3. The maximum absolute atomic E-state index is 13.9. The highest BCUT2D eigenvalue weighted by Crippen LogP contribution is 2.25. The van der Waals surface area contributed by atoms with Crippen molar-refractivity contribution in [2.75, 3.05) is 38.5 Å². The summed E-state index contributed by atoms with van der Waals surface area (Å²) in [5.41, 5.74) is -0.653. The summed E-state index contributed by atoms with van der Waals surface area (Å²) < 4.78 is 27.7. The van der Waals surface area contributed by atoms with E-state index >= 15 is 0 Å². The maximum atomic E-state index is 13.9. The van der Waals surface area contributed by atoms with E-state index in [-0.39, 0.29) is 17.4 Å². The molecule has 2 aliphatic rings. The molecule has 3 N–H and O–H groups in total. The van der Waals surface area contributed by atoms with Crippen molar-refractivity contribution in [3.05, 3.63) is 47.3 Å². The van der Waals surface area contributed by atoms with Crippen LogP contribution in [0, 0.1) is 11.6 Å². The van der Waals surface area contributed by atoms with Crippen molar-refractivity contribution in [3.63, 3.8) is 0 Å². The van der Waals surface area contributed by atoms with Crippen molar-refractivity contribution >= 4 is 17.5 Å². The van der Waals surface area contributed by atoms with Gasteiger partial charge in [-0.25, -0.2) is 8.78 Å². The van der Waals surface area contributed by atoms with E-state index in [9.17, 15) is 18.4 Å². The number of aromatic amines is 1. The number of aromatic nitrogens is 2. The largest absolute Gasteiger partial charge is 0.348 e. The molecule has 4 rings (SSSR count). The average Bonchev–Trinajstić information content (AvgIpc) is 3.23. The Morgan fingerprint density at radius 3 is 2.34 bits per heavy atom. The van der Waals surface area contributed by atoms with Crippen LogP contribution in [0.5, 0.6) is 0 Å². The number of piperazine rings is 1. The standard InChI is InChI=1S/C22H28F2N6O2/c1-29-9-11-30(12-10-29)15-7-5-14(6-8-15)26-22(32)20-18(13-25-28-20)27-21(31)19-16(23)3-2-4-17(19)24/h2-4,13-15H,5-12H2,1H3,(H,25,28)(H,26,32)(H,27,31)/t14-,15+. The van der Waals surface area contributed by atoms with E-state index in [1.54, 1.807) is 0 Å². The number of hydrogen-bond acceptors (Lipinski definition) is 5. The number of carbonyl (C=O) groups is 2. The van der Waals surface area contributed by atoms with Crippen molar-refractivity contribution in [3.8, 4) is 0 Å². The summed E-state index contributed by atoms with van der Waals surface area (Å²) in [4.78, 5) is 30.0. The molecule has 1 aliphatic carbocycles. The third-order valence-electron chi connectivity index (χ3n) is 6.38. The van der Waals surface area contributed by atoms with Gasteiger partial charge in [-0.3, -0.25) is 19.6 Å². The second-order valence-corrected chi connectivity index (χ2v) is 8.52. The van der Waals surface area contributed by atoms with Gasteiger partial charge < -0.3 is 15.5 Å². The van der Waals surface area contributed by atoms with Crippen LogP contribution in [-0.2, 0) is 0 Å². The third-order valence-corrected chi connectivity index (χ3v) is 6.38. The van der Waals surface area contributed by atoms with Crippen LogP contribution in [0.25, 0.3) is 0 Å². The first-order valence-corrected chi connectivity index (χ1v) is 10.9. The van der Waals surface area contributed by atoms with E-state index in [0.717, 1.165) is 64.0 Å². The molecule has 8 nitrogen and oxygen atoms in total. The molecule has 2 amide bonds. The second kappa shape index (κ2) is 9.74. The van der Waals surface area contributed by atoms with Gasteiger partial charge in [0.1, 0.15) is 17.2 Å².